The van der Waals surface area contributed by atoms with E-state index in [0.717, 1.165) is 11.3 Å². The Kier molecular flexibility index (Phi) is 4.17. The van der Waals surface area contributed by atoms with E-state index in [0.29, 0.717) is 0 Å². The van der Waals surface area contributed by atoms with Crippen molar-refractivity contribution in [2.45, 2.75) is 46.1 Å². The summed E-state index contributed by atoms with van der Waals surface area (Å²) in [6.45, 7) is 10.7. The first kappa shape index (κ1) is 14.0. The zero-order chi connectivity index (χ0) is 13.2. The third-order valence-electron chi connectivity index (χ3n) is 2.99. The molecule has 0 aromatic heterocycles. The molecule has 3 heteroatoms. The smallest absolute Gasteiger partial charge is 0.127 e. The summed E-state index contributed by atoms with van der Waals surface area (Å²) in [5, 5.41) is 0. The first-order valence-corrected chi connectivity index (χ1v) is 5.96. The molecule has 0 heterocycles. The van der Waals surface area contributed by atoms with E-state index < -0.39 is 0 Å². The highest BCUT2D eigenvalue weighted by Gasteiger charge is 2.23. The molecule has 3 N–H and O–H groups in total. The molecular weight excluding hydrogens is 212 g/mol. The molecule has 0 aliphatic heterocycles. The van der Waals surface area contributed by atoms with Gasteiger partial charge in [-0.2, -0.15) is 0 Å². The Morgan fingerprint density at radius 2 is 1.88 bits per heavy atom. The zero-order valence-corrected chi connectivity index (χ0v) is 11.7. The molecule has 1 aromatic carbocycles. The fourth-order valence-corrected chi connectivity index (χ4v) is 2.00. The van der Waals surface area contributed by atoms with Gasteiger partial charge in [0.05, 0.1) is 7.11 Å². The second-order valence-corrected chi connectivity index (χ2v) is 5.57. The SMILES string of the molecule is COc1c(C(C)NN)cc(C)cc1C(C)(C)C. The van der Waals surface area contributed by atoms with E-state index in [2.05, 4.69) is 45.3 Å². The molecule has 1 atom stereocenters. The summed E-state index contributed by atoms with van der Waals surface area (Å²) >= 11 is 0. The van der Waals surface area contributed by atoms with Gasteiger partial charge in [-0.25, -0.2) is 0 Å². The van der Waals surface area contributed by atoms with Crippen molar-refractivity contribution in [1.82, 2.24) is 5.43 Å². The van der Waals surface area contributed by atoms with Crippen LogP contribution < -0.4 is 16.0 Å². The number of nitrogens with two attached hydrogens (primary N) is 1. The largest absolute Gasteiger partial charge is 0.496 e. The molecular formula is C14H24N2O. The van der Waals surface area contributed by atoms with Crippen molar-refractivity contribution in [3.8, 4) is 5.75 Å². The van der Waals surface area contributed by atoms with Crippen LogP contribution in [0.2, 0.25) is 0 Å². The minimum absolute atomic E-state index is 0.0560. The Bertz CT molecular complexity index is 394. The van der Waals surface area contributed by atoms with Crippen LogP contribution in [0.1, 0.15) is 50.4 Å². The predicted octanol–water partition coefficient (Wildman–Crippen LogP) is 2.83. The van der Waals surface area contributed by atoms with Crippen LogP contribution in [0.25, 0.3) is 0 Å². The van der Waals surface area contributed by atoms with Gasteiger partial charge in [0, 0.05) is 17.2 Å². The first-order valence-electron chi connectivity index (χ1n) is 5.96. The molecule has 0 saturated heterocycles. The number of benzene rings is 1. The summed E-state index contributed by atoms with van der Waals surface area (Å²) in [4.78, 5) is 0. The summed E-state index contributed by atoms with van der Waals surface area (Å²) < 4.78 is 5.59. The van der Waals surface area contributed by atoms with E-state index in [-0.39, 0.29) is 11.5 Å². The number of rotatable bonds is 3. The summed E-state index contributed by atoms with van der Waals surface area (Å²) in [6.07, 6.45) is 0. The number of nitrogens with one attached hydrogen (secondary N) is 1. The lowest BCUT2D eigenvalue weighted by atomic mass is 9.83. The van der Waals surface area contributed by atoms with E-state index in [1.807, 2.05) is 6.92 Å². The van der Waals surface area contributed by atoms with Crippen LogP contribution in [-0.4, -0.2) is 7.11 Å². The van der Waals surface area contributed by atoms with Crippen molar-refractivity contribution in [1.29, 1.82) is 0 Å². The third kappa shape index (κ3) is 2.99. The maximum Gasteiger partial charge on any atom is 0.127 e. The summed E-state index contributed by atoms with van der Waals surface area (Å²) in [7, 11) is 1.71. The highest BCUT2D eigenvalue weighted by molar-refractivity contribution is 5.49. The van der Waals surface area contributed by atoms with Gasteiger partial charge in [0.15, 0.2) is 0 Å². The summed E-state index contributed by atoms with van der Waals surface area (Å²) in [5.74, 6) is 6.47. The van der Waals surface area contributed by atoms with Gasteiger partial charge in [-0.3, -0.25) is 11.3 Å². The molecule has 0 fully saturated rings. The molecule has 0 radical (unpaired) electrons. The van der Waals surface area contributed by atoms with Gasteiger partial charge in [0.2, 0.25) is 0 Å². The lowest BCUT2D eigenvalue weighted by Crippen LogP contribution is -2.27. The maximum absolute atomic E-state index is 5.59. The molecule has 0 spiro atoms. The molecule has 0 amide bonds. The lowest BCUT2D eigenvalue weighted by Gasteiger charge is -2.26. The van der Waals surface area contributed by atoms with Crippen LogP contribution in [0.5, 0.6) is 5.75 Å². The van der Waals surface area contributed by atoms with E-state index >= 15 is 0 Å². The number of aryl methyl sites for hydroxylation is 1. The fraction of sp³-hybridized carbons (Fsp3) is 0.571. The van der Waals surface area contributed by atoms with E-state index in [1.165, 1.54) is 11.1 Å². The lowest BCUT2D eigenvalue weighted by molar-refractivity contribution is 0.385. The van der Waals surface area contributed by atoms with Gasteiger partial charge in [-0.05, 0) is 19.3 Å². The molecule has 1 rings (SSSR count). The van der Waals surface area contributed by atoms with Crippen molar-refractivity contribution < 1.29 is 4.74 Å². The molecule has 0 aliphatic rings. The molecule has 1 aromatic rings. The van der Waals surface area contributed by atoms with Crippen LogP contribution in [0, 0.1) is 6.92 Å². The predicted molar refractivity (Wildman–Crippen MR) is 72.2 cm³/mol. The van der Waals surface area contributed by atoms with Crippen molar-refractivity contribution in [2.75, 3.05) is 7.11 Å². The van der Waals surface area contributed by atoms with Gasteiger partial charge in [0.1, 0.15) is 5.75 Å². The standard InChI is InChI=1S/C14H24N2O/c1-9-7-11(10(2)16-15)13(17-6)12(8-9)14(3,4)5/h7-8,10,16H,15H2,1-6H3. The van der Waals surface area contributed by atoms with E-state index in [1.54, 1.807) is 7.11 Å². The van der Waals surface area contributed by atoms with Crippen molar-refractivity contribution >= 4 is 0 Å². The van der Waals surface area contributed by atoms with Crippen molar-refractivity contribution in [3.05, 3.63) is 28.8 Å². The molecule has 96 valence electrons. The number of methoxy groups -OCH3 is 1. The molecule has 0 aliphatic carbocycles. The highest BCUT2D eigenvalue weighted by Crippen LogP contribution is 2.37. The highest BCUT2D eigenvalue weighted by atomic mass is 16.5. The van der Waals surface area contributed by atoms with Crippen LogP contribution in [0.15, 0.2) is 12.1 Å². The molecule has 3 nitrogen and oxygen atoms in total. The molecule has 17 heavy (non-hydrogen) atoms. The minimum atomic E-state index is 0.0560. The Morgan fingerprint density at radius 1 is 1.29 bits per heavy atom. The summed E-state index contributed by atoms with van der Waals surface area (Å²) in [6, 6.07) is 4.38. The monoisotopic (exact) mass is 236 g/mol. The normalized spacial score (nSPS) is 13.6. The molecule has 0 bridgehead atoms. The summed E-state index contributed by atoms with van der Waals surface area (Å²) in [5.41, 5.74) is 6.40. The molecule has 1 unspecified atom stereocenters. The number of ether oxygens (including phenoxy) is 1. The number of hydrazine groups is 1. The van der Waals surface area contributed by atoms with Gasteiger partial charge in [-0.1, -0.05) is 38.5 Å². The van der Waals surface area contributed by atoms with Crippen LogP contribution >= 0.6 is 0 Å². The number of hydrogen-bond acceptors (Lipinski definition) is 3. The van der Waals surface area contributed by atoms with Gasteiger partial charge in [0.25, 0.3) is 0 Å². The van der Waals surface area contributed by atoms with Crippen LogP contribution in [0.4, 0.5) is 0 Å². The minimum Gasteiger partial charge on any atom is -0.496 e. The average Bonchev–Trinajstić information content (AvgIpc) is 2.25. The average molecular weight is 236 g/mol. The van der Waals surface area contributed by atoms with Crippen molar-refractivity contribution in [3.63, 3.8) is 0 Å². The topological polar surface area (TPSA) is 47.3 Å². The Hall–Kier alpha value is -1.06. The van der Waals surface area contributed by atoms with Crippen LogP contribution in [-0.2, 0) is 5.41 Å². The third-order valence-corrected chi connectivity index (χ3v) is 2.99. The van der Waals surface area contributed by atoms with Crippen molar-refractivity contribution in [2.24, 2.45) is 5.84 Å². The Balaban J connectivity index is 3.46. The first-order chi connectivity index (χ1) is 7.81. The van der Waals surface area contributed by atoms with Crippen LogP contribution in [0.3, 0.4) is 0 Å². The van der Waals surface area contributed by atoms with Gasteiger partial charge < -0.3 is 4.74 Å². The van der Waals surface area contributed by atoms with Gasteiger partial charge in [-0.15, -0.1) is 0 Å². The zero-order valence-electron chi connectivity index (χ0n) is 11.7. The second-order valence-electron chi connectivity index (χ2n) is 5.57. The quantitative estimate of drug-likeness (QED) is 0.626. The fourth-order valence-electron chi connectivity index (χ4n) is 2.00. The van der Waals surface area contributed by atoms with E-state index in [9.17, 15) is 0 Å². The van der Waals surface area contributed by atoms with E-state index in [4.69, 9.17) is 10.6 Å². The second kappa shape index (κ2) is 5.07. The molecule has 0 saturated carbocycles. The maximum atomic E-state index is 5.59. The Labute approximate surface area is 104 Å². The van der Waals surface area contributed by atoms with Gasteiger partial charge >= 0.3 is 0 Å². The Morgan fingerprint density at radius 3 is 2.29 bits per heavy atom. The number of hydrogen-bond donors (Lipinski definition) is 2.